The third-order valence-corrected chi connectivity index (χ3v) is 13.6. The number of pyridine rings is 1. The Kier molecular flexibility index (Phi) is 11.7. The first-order chi connectivity index (χ1) is 27.6. The van der Waals surface area contributed by atoms with Gasteiger partial charge in [0, 0.05) is 49.0 Å². The van der Waals surface area contributed by atoms with E-state index >= 15 is 0 Å². The molecule has 0 spiro atoms. The van der Waals surface area contributed by atoms with Crippen LogP contribution in [-0.2, 0) is 24.4 Å². The van der Waals surface area contributed by atoms with Gasteiger partial charge in [0.25, 0.3) is 5.91 Å². The Hall–Kier alpha value is -4.86. The number of nitrogens with zero attached hydrogens (tertiary/aromatic N) is 3. The summed E-state index contributed by atoms with van der Waals surface area (Å²) >= 11 is 0. The van der Waals surface area contributed by atoms with E-state index in [9.17, 15) is 27.6 Å². The fourth-order valence-electron chi connectivity index (χ4n) is 8.41. The zero-order valence-electron chi connectivity index (χ0n) is 34.0. The minimum Gasteiger partial charge on any atom is -0.496 e. The van der Waals surface area contributed by atoms with Crippen molar-refractivity contribution in [1.29, 1.82) is 0 Å². The Bertz CT molecular complexity index is 2120. The molecule has 7 rings (SSSR count). The van der Waals surface area contributed by atoms with Gasteiger partial charge >= 0.3 is 6.03 Å². The van der Waals surface area contributed by atoms with E-state index in [-0.39, 0.29) is 24.8 Å². The highest BCUT2D eigenvalue weighted by atomic mass is 32.2. The first-order valence-electron chi connectivity index (χ1n) is 20.5. The SMILES string of the molecule is CCOc1cc2c3cc(c(OC)cc3n1)C=CCC(C)(C)CN(C)C(=O)NC1CCCCCC=CC3CC3(C(=O)NS(=O)(=O)C3CC3)NC(=O)C3CC(CN3C1=O)O2. The summed E-state index contributed by atoms with van der Waals surface area (Å²) in [5.74, 6) is -0.892. The minimum absolute atomic E-state index is 0.00144. The van der Waals surface area contributed by atoms with Crippen LogP contribution in [0.15, 0.2) is 36.4 Å². The summed E-state index contributed by atoms with van der Waals surface area (Å²) in [6.45, 7) is 6.74. The van der Waals surface area contributed by atoms with Crippen LogP contribution >= 0.6 is 0 Å². The molecule has 3 aliphatic heterocycles. The van der Waals surface area contributed by atoms with E-state index in [0.29, 0.717) is 80.0 Å². The number of amides is 5. The summed E-state index contributed by atoms with van der Waals surface area (Å²) in [4.78, 5) is 64.8. The molecule has 314 valence electrons. The number of urea groups is 1. The molecule has 1 saturated heterocycles. The highest BCUT2D eigenvalue weighted by Crippen LogP contribution is 2.46. The second-order valence-corrected chi connectivity index (χ2v) is 19.1. The van der Waals surface area contributed by atoms with Crippen molar-refractivity contribution in [3.05, 3.63) is 42.0 Å². The lowest BCUT2D eigenvalue weighted by atomic mass is 9.88. The molecule has 1 aromatic heterocycles. The van der Waals surface area contributed by atoms with Gasteiger partial charge < -0.3 is 34.6 Å². The van der Waals surface area contributed by atoms with Crippen LogP contribution < -0.4 is 29.6 Å². The van der Waals surface area contributed by atoms with Gasteiger partial charge in [-0.15, -0.1) is 0 Å². The smallest absolute Gasteiger partial charge is 0.317 e. The third kappa shape index (κ3) is 8.91. The lowest BCUT2D eigenvalue weighted by molar-refractivity contribution is -0.141. The van der Waals surface area contributed by atoms with Crippen molar-refractivity contribution in [2.45, 2.75) is 114 Å². The Morgan fingerprint density at radius 1 is 1.09 bits per heavy atom. The van der Waals surface area contributed by atoms with Crippen LogP contribution in [-0.4, -0.2) is 110 Å². The number of hydrogen-bond donors (Lipinski definition) is 3. The number of rotatable bonds is 6. The first-order valence-corrected chi connectivity index (χ1v) is 22.0. The zero-order chi connectivity index (χ0) is 41.4. The number of carbonyl (C=O) groups is 4. The highest BCUT2D eigenvalue weighted by molar-refractivity contribution is 7.91. The quantitative estimate of drug-likeness (QED) is 0.352. The molecule has 5 atom stereocenters. The highest BCUT2D eigenvalue weighted by Gasteiger charge is 2.62. The molecular formula is C42H56N6O9S. The summed E-state index contributed by atoms with van der Waals surface area (Å²) < 4.78 is 46.4. The van der Waals surface area contributed by atoms with Crippen molar-refractivity contribution >= 4 is 50.8 Å². The maximum absolute atomic E-state index is 14.8. The fraction of sp³-hybridized carbons (Fsp3) is 0.595. The Morgan fingerprint density at radius 3 is 2.62 bits per heavy atom. The van der Waals surface area contributed by atoms with Crippen molar-refractivity contribution in [3.8, 4) is 17.4 Å². The van der Waals surface area contributed by atoms with Crippen LogP contribution in [0.25, 0.3) is 17.0 Å². The standard InChI is InChI=1S/C42H56N6O9S/c1-6-56-36-22-35-30-19-26(34(55-5)21-32(30)43-36)13-12-18-41(2,3)25-47(4)40(52)44-31-15-11-9-7-8-10-14-27-23-42(27,39(51)46-58(53,54)29-16-17-29)45-37(49)33-20-28(57-35)24-48(33)38(31)50/h10,12-14,19,21-22,27-29,31,33H,6-9,11,15-18,20,23-25H2,1-5H3,(H,44,52)(H,45,49)(H,46,51). The minimum atomic E-state index is -3.90. The van der Waals surface area contributed by atoms with Gasteiger partial charge in [-0.25, -0.2) is 18.2 Å². The van der Waals surface area contributed by atoms with E-state index in [1.54, 1.807) is 25.1 Å². The van der Waals surface area contributed by atoms with Gasteiger partial charge in [-0.2, -0.15) is 0 Å². The number of allylic oxidation sites excluding steroid dienone is 2. The number of hydrogen-bond acceptors (Lipinski definition) is 10. The van der Waals surface area contributed by atoms with Crippen molar-refractivity contribution in [2.75, 3.05) is 33.9 Å². The number of fused-ring (bicyclic) bond motifs is 4. The third-order valence-electron chi connectivity index (χ3n) is 11.8. The molecule has 2 aromatic rings. The molecule has 4 heterocycles. The summed E-state index contributed by atoms with van der Waals surface area (Å²) in [5.41, 5.74) is -0.496. The van der Waals surface area contributed by atoms with Crippen LogP contribution in [0.2, 0.25) is 0 Å². The average molecular weight is 821 g/mol. The first kappa shape index (κ1) is 41.3. The van der Waals surface area contributed by atoms with Crippen molar-refractivity contribution in [3.63, 3.8) is 0 Å². The maximum atomic E-state index is 14.8. The normalized spacial score (nSPS) is 28.0. The molecule has 0 radical (unpaired) electrons. The second kappa shape index (κ2) is 16.4. The second-order valence-electron chi connectivity index (χ2n) is 17.1. The van der Waals surface area contributed by atoms with Crippen molar-refractivity contribution in [2.24, 2.45) is 11.3 Å². The fourth-order valence-corrected chi connectivity index (χ4v) is 9.78. The van der Waals surface area contributed by atoms with Crippen LogP contribution in [0, 0.1) is 11.3 Å². The largest absolute Gasteiger partial charge is 0.496 e. The number of methoxy groups -OCH3 is 1. The van der Waals surface area contributed by atoms with E-state index in [2.05, 4.69) is 29.2 Å². The monoisotopic (exact) mass is 820 g/mol. The summed E-state index contributed by atoms with van der Waals surface area (Å²) in [6.07, 6.45) is 12.3. The topological polar surface area (TPSA) is 186 Å². The number of sulfonamides is 1. The van der Waals surface area contributed by atoms with Crippen LogP contribution in [0.5, 0.6) is 17.4 Å². The molecule has 2 aliphatic carbocycles. The number of benzene rings is 1. The molecule has 2 saturated carbocycles. The van der Waals surface area contributed by atoms with Crippen LogP contribution in [0.4, 0.5) is 4.79 Å². The number of ether oxygens (including phenoxy) is 3. The molecule has 5 aliphatic rings. The molecule has 15 nitrogen and oxygen atoms in total. The van der Waals surface area contributed by atoms with Gasteiger partial charge in [-0.05, 0) is 63.4 Å². The molecule has 16 heteroatoms. The van der Waals surface area contributed by atoms with Gasteiger partial charge in [-0.1, -0.05) is 51.0 Å². The van der Waals surface area contributed by atoms with Gasteiger partial charge in [0.05, 0.1) is 31.0 Å². The molecule has 5 amide bonds. The van der Waals surface area contributed by atoms with E-state index in [1.165, 1.54) is 4.90 Å². The lowest BCUT2D eigenvalue weighted by Crippen LogP contribution is -2.59. The number of aromatic nitrogens is 1. The van der Waals surface area contributed by atoms with Gasteiger partial charge in [0.1, 0.15) is 35.2 Å². The molecular weight excluding hydrogens is 765 g/mol. The predicted molar refractivity (Wildman–Crippen MR) is 218 cm³/mol. The average Bonchev–Trinajstić information content (AvgIpc) is 4.09. The Morgan fingerprint density at radius 2 is 1.88 bits per heavy atom. The van der Waals surface area contributed by atoms with Crippen LogP contribution in [0.1, 0.15) is 90.5 Å². The van der Waals surface area contributed by atoms with Gasteiger partial charge in [0.15, 0.2) is 0 Å². The Balaban J connectivity index is 1.29. The molecule has 5 bridgehead atoms. The van der Waals surface area contributed by atoms with Gasteiger partial charge in [-0.3, -0.25) is 19.1 Å². The van der Waals surface area contributed by atoms with Crippen molar-refractivity contribution in [1.82, 2.24) is 30.1 Å². The van der Waals surface area contributed by atoms with E-state index in [0.717, 1.165) is 18.4 Å². The van der Waals surface area contributed by atoms with Crippen LogP contribution in [0.3, 0.4) is 0 Å². The summed E-state index contributed by atoms with van der Waals surface area (Å²) in [7, 11) is -0.606. The van der Waals surface area contributed by atoms with Gasteiger partial charge in [0.2, 0.25) is 27.7 Å². The maximum Gasteiger partial charge on any atom is 0.317 e. The lowest BCUT2D eigenvalue weighted by Gasteiger charge is -2.33. The number of nitrogens with one attached hydrogen (secondary N) is 3. The zero-order valence-corrected chi connectivity index (χ0v) is 34.9. The van der Waals surface area contributed by atoms with E-state index < -0.39 is 68.7 Å². The molecule has 3 N–H and O–H groups in total. The molecule has 1 aromatic carbocycles. The Labute approximate surface area is 340 Å². The van der Waals surface area contributed by atoms with E-state index in [1.807, 2.05) is 43.4 Å². The summed E-state index contributed by atoms with van der Waals surface area (Å²) in [6, 6.07) is 3.00. The molecule has 5 unspecified atom stereocenters. The predicted octanol–water partition coefficient (Wildman–Crippen LogP) is 4.45. The molecule has 58 heavy (non-hydrogen) atoms. The summed E-state index contributed by atoms with van der Waals surface area (Å²) in [5, 5.41) is 5.97. The number of carbonyl (C=O) groups excluding carboxylic acids is 4. The van der Waals surface area contributed by atoms with E-state index in [4.69, 9.17) is 19.2 Å². The van der Waals surface area contributed by atoms with Crippen molar-refractivity contribution < 1.29 is 41.8 Å². The molecule has 3 fully saturated rings.